The Balaban J connectivity index is 1.93. The van der Waals surface area contributed by atoms with Crippen LogP contribution in [-0.2, 0) is 0 Å². The average molecular weight is 263 g/mol. The van der Waals surface area contributed by atoms with Crippen LogP contribution in [0.1, 0.15) is 15.2 Å². The molecule has 2 aromatic heterocycles. The van der Waals surface area contributed by atoms with Gasteiger partial charge in [-0.15, -0.1) is 0 Å². The Morgan fingerprint density at radius 2 is 1.60 bits per heavy atom. The maximum Gasteiger partial charge on any atom is 0.0704 e. The third kappa shape index (κ3) is 2.45. The molecule has 0 N–H and O–H groups in total. The molecule has 20 heavy (non-hydrogen) atoms. The van der Waals surface area contributed by atoms with Crippen LogP contribution in [-0.4, -0.2) is 9.97 Å². The molecule has 0 aliphatic carbocycles. The second-order valence-electron chi connectivity index (χ2n) is 4.68. The van der Waals surface area contributed by atoms with E-state index in [1.54, 1.807) is 13.1 Å². The Morgan fingerprint density at radius 1 is 0.850 bits per heavy atom. The molecule has 0 atom stereocenters. The SMILES string of the molecule is [2H]C([2H])([2H])c1cnc(-c2ccc(-c3ccccn3)cc2)cc1C. The topological polar surface area (TPSA) is 25.8 Å². The number of hydrogen-bond acceptors (Lipinski definition) is 2. The summed E-state index contributed by atoms with van der Waals surface area (Å²) in [7, 11) is 0. The fourth-order valence-corrected chi connectivity index (χ4v) is 2.06. The molecule has 0 amide bonds. The highest BCUT2D eigenvalue weighted by Gasteiger charge is 2.03. The summed E-state index contributed by atoms with van der Waals surface area (Å²) in [5.74, 6) is 0. The Labute approximate surface area is 123 Å². The maximum absolute atomic E-state index is 7.50. The quantitative estimate of drug-likeness (QED) is 0.683. The standard InChI is InChI=1S/C18H16N2/c1-13-11-18(20-12-14(13)2)16-8-6-15(7-9-16)17-5-3-4-10-19-17/h3-12H,1-2H3/i2D3. The molecule has 0 unspecified atom stereocenters. The highest BCUT2D eigenvalue weighted by molar-refractivity contribution is 5.67. The first-order valence-corrected chi connectivity index (χ1v) is 6.44. The van der Waals surface area contributed by atoms with Crippen LogP contribution in [0, 0.1) is 13.8 Å². The molecule has 0 spiro atoms. The van der Waals surface area contributed by atoms with Crippen molar-refractivity contribution in [2.24, 2.45) is 0 Å². The van der Waals surface area contributed by atoms with E-state index >= 15 is 0 Å². The number of rotatable bonds is 2. The summed E-state index contributed by atoms with van der Waals surface area (Å²) in [5, 5.41) is 0. The van der Waals surface area contributed by atoms with Gasteiger partial charge in [0.25, 0.3) is 0 Å². The first kappa shape index (κ1) is 9.43. The molecule has 2 heteroatoms. The van der Waals surface area contributed by atoms with Crippen molar-refractivity contribution in [1.82, 2.24) is 9.97 Å². The third-order valence-corrected chi connectivity index (χ3v) is 3.25. The summed E-state index contributed by atoms with van der Waals surface area (Å²) in [6.07, 6.45) is 3.21. The molecule has 3 aromatic rings. The van der Waals surface area contributed by atoms with Gasteiger partial charge in [0.05, 0.1) is 11.4 Å². The maximum atomic E-state index is 7.50. The van der Waals surface area contributed by atoms with Crippen LogP contribution in [0.2, 0.25) is 0 Å². The van der Waals surface area contributed by atoms with Gasteiger partial charge in [-0.05, 0) is 43.1 Å². The van der Waals surface area contributed by atoms with Gasteiger partial charge >= 0.3 is 0 Å². The van der Waals surface area contributed by atoms with Gasteiger partial charge in [-0.25, -0.2) is 0 Å². The molecule has 0 aliphatic rings. The zero-order valence-corrected chi connectivity index (χ0v) is 11.2. The van der Waals surface area contributed by atoms with Crippen molar-refractivity contribution in [2.75, 3.05) is 0 Å². The molecule has 0 radical (unpaired) electrons. The van der Waals surface area contributed by atoms with E-state index in [2.05, 4.69) is 9.97 Å². The van der Waals surface area contributed by atoms with Crippen LogP contribution in [0.5, 0.6) is 0 Å². The molecular weight excluding hydrogens is 244 g/mol. The lowest BCUT2D eigenvalue weighted by molar-refractivity contribution is 1.22. The minimum atomic E-state index is -2.13. The Kier molecular flexibility index (Phi) is 2.48. The van der Waals surface area contributed by atoms with Crippen LogP contribution in [0.25, 0.3) is 22.5 Å². The smallest absolute Gasteiger partial charge is 0.0704 e. The van der Waals surface area contributed by atoms with Gasteiger partial charge < -0.3 is 0 Å². The first-order valence-electron chi connectivity index (χ1n) is 7.94. The van der Waals surface area contributed by atoms with E-state index in [-0.39, 0.29) is 0 Å². The number of benzene rings is 1. The zero-order chi connectivity index (χ0) is 16.4. The van der Waals surface area contributed by atoms with Crippen LogP contribution in [0.3, 0.4) is 0 Å². The lowest BCUT2D eigenvalue weighted by Gasteiger charge is -2.06. The fourth-order valence-electron chi connectivity index (χ4n) is 2.06. The Morgan fingerprint density at radius 3 is 2.20 bits per heavy atom. The summed E-state index contributed by atoms with van der Waals surface area (Å²) in [6, 6.07) is 15.5. The van der Waals surface area contributed by atoms with Crippen molar-refractivity contribution in [3.8, 4) is 22.5 Å². The summed E-state index contributed by atoms with van der Waals surface area (Å²) >= 11 is 0. The third-order valence-electron chi connectivity index (χ3n) is 3.25. The summed E-state index contributed by atoms with van der Waals surface area (Å²) in [4.78, 5) is 8.63. The Bertz CT molecular complexity index is 810. The van der Waals surface area contributed by atoms with Crippen molar-refractivity contribution in [2.45, 2.75) is 13.8 Å². The summed E-state index contributed by atoms with van der Waals surface area (Å²) in [5.41, 5.74) is 4.69. The molecule has 0 saturated carbocycles. The van der Waals surface area contributed by atoms with Gasteiger partial charge in [0.15, 0.2) is 0 Å². The molecule has 0 fully saturated rings. The minimum Gasteiger partial charge on any atom is -0.256 e. The molecule has 0 aliphatic heterocycles. The van der Waals surface area contributed by atoms with Crippen molar-refractivity contribution in [3.05, 3.63) is 72.1 Å². The van der Waals surface area contributed by atoms with Gasteiger partial charge in [-0.1, -0.05) is 30.3 Å². The summed E-state index contributed by atoms with van der Waals surface area (Å²) in [6.45, 7) is -0.326. The van der Waals surface area contributed by atoms with Crippen molar-refractivity contribution in [1.29, 1.82) is 0 Å². The van der Waals surface area contributed by atoms with Gasteiger partial charge in [-0.3, -0.25) is 9.97 Å². The van der Waals surface area contributed by atoms with E-state index in [1.807, 2.05) is 48.5 Å². The number of nitrogens with zero attached hydrogens (tertiary/aromatic N) is 2. The van der Waals surface area contributed by atoms with E-state index in [1.165, 1.54) is 6.20 Å². The van der Waals surface area contributed by atoms with E-state index in [9.17, 15) is 0 Å². The molecule has 98 valence electrons. The van der Waals surface area contributed by atoms with E-state index in [0.29, 0.717) is 5.56 Å². The minimum absolute atomic E-state index is 0.298. The lowest BCUT2D eigenvalue weighted by Crippen LogP contribution is -1.88. The second-order valence-corrected chi connectivity index (χ2v) is 4.68. The lowest BCUT2D eigenvalue weighted by atomic mass is 10.0. The van der Waals surface area contributed by atoms with Crippen molar-refractivity contribution < 1.29 is 4.11 Å². The van der Waals surface area contributed by atoms with E-state index in [0.717, 1.165) is 28.1 Å². The van der Waals surface area contributed by atoms with Gasteiger partial charge in [-0.2, -0.15) is 0 Å². The molecule has 1 aromatic carbocycles. The Hall–Kier alpha value is -2.48. The molecule has 2 heterocycles. The van der Waals surface area contributed by atoms with Crippen molar-refractivity contribution >= 4 is 0 Å². The van der Waals surface area contributed by atoms with Gasteiger partial charge in [0.1, 0.15) is 0 Å². The largest absolute Gasteiger partial charge is 0.256 e. The number of aromatic nitrogens is 2. The predicted octanol–water partition coefficient (Wildman–Crippen LogP) is 4.43. The van der Waals surface area contributed by atoms with Crippen LogP contribution >= 0.6 is 0 Å². The number of hydrogen-bond donors (Lipinski definition) is 0. The zero-order valence-electron chi connectivity index (χ0n) is 14.2. The van der Waals surface area contributed by atoms with Gasteiger partial charge in [0.2, 0.25) is 0 Å². The highest BCUT2D eigenvalue weighted by atomic mass is 14.7. The van der Waals surface area contributed by atoms with Crippen molar-refractivity contribution in [3.63, 3.8) is 0 Å². The predicted molar refractivity (Wildman–Crippen MR) is 82.4 cm³/mol. The van der Waals surface area contributed by atoms with E-state index in [4.69, 9.17) is 4.11 Å². The van der Waals surface area contributed by atoms with E-state index < -0.39 is 6.85 Å². The molecular formula is C18H16N2. The molecule has 0 saturated heterocycles. The first-order chi connectivity index (χ1) is 10.9. The highest BCUT2D eigenvalue weighted by Crippen LogP contribution is 2.23. The molecule has 2 nitrogen and oxygen atoms in total. The summed E-state index contributed by atoms with van der Waals surface area (Å²) < 4.78 is 22.5. The molecule has 3 rings (SSSR count). The normalized spacial score (nSPS) is 13.3. The van der Waals surface area contributed by atoms with Gasteiger partial charge in [0, 0.05) is 27.6 Å². The fraction of sp³-hybridized carbons (Fsp3) is 0.111. The van der Waals surface area contributed by atoms with Crippen LogP contribution in [0.15, 0.2) is 60.9 Å². The van der Waals surface area contributed by atoms with Crippen LogP contribution < -0.4 is 0 Å². The second kappa shape index (κ2) is 5.25. The number of pyridine rings is 2. The number of aryl methyl sites for hydroxylation is 2. The molecule has 0 bridgehead atoms. The van der Waals surface area contributed by atoms with Crippen LogP contribution in [0.4, 0.5) is 0 Å². The monoisotopic (exact) mass is 263 g/mol. The average Bonchev–Trinajstić information content (AvgIpc) is 2.54.